The molecule has 1 aromatic carbocycles. The lowest BCUT2D eigenvalue weighted by atomic mass is 10.2. The Morgan fingerprint density at radius 3 is 2.67 bits per heavy atom. The number of aromatic carboxylic acids is 1. The molecular formula is C11H10N4O4S2. The van der Waals surface area contributed by atoms with E-state index in [2.05, 4.69) is 10.2 Å². The Kier molecular flexibility index (Phi) is 4.38. The first kappa shape index (κ1) is 15.2. The number of carboxylic acid groups (broad SMARTS) is 1. The first-order valence-corrected chi connectivity index (χ1v) is 7.22. The number of nitro benzene ring substituents is 1. The summed E-state index contributed by atoms with van der Waals surface area (Å²) in [5, 5.41) is 28.5. The summed E-state index contributed by atoms with van der Waals surface area (Å²) >= 11 is 2.38. The van der Waals surface area contributed by atoms with Gasteiger partial charge >= 0.3 is 5.97 Å². The molecule has 1 heterocycles. The van der Waals surface area contributed by atoms with Crippen molar-refractivity contribution in [3.8, 4) is 0 Å². The Labute approximate surface area is 127 Å². The molecule has 2 rings (SSSR count). The Hall–Kier alpha value is -2.20. The van der Waals surface area contributed by atoms with Crippen LogP contribution in [-0.2, 0) is 0 Å². The minimum Gasteiger partial charge on any atom is -0.478 e. The average Bonchev–Trinajstić information content (AvgIpc) is 2.87. The minimum atomic E-state index is -1.21. The summed E-state index contributed by atoms with van der Waals surface area (Å²) in [7, 11) is 3.64. The molecule has 0 aliphatic carbocycles. The molecule has 1 N–H and O–H groups in total. The molecule has 0 bridgehead atoms. The molecule has 0 aliphatic rings. The van der Waals surface area contributed by atoms with E-state index >= 15 is 0 Å². The number of benzene rings is 1. The van der Waals surface area contributed by atoms with Crippen molar-refractivity contribution >= 4 is 39.9 Å². The van der Waals surface area contributed by atoms with Crippen molar-refractivity contribution in [1.82, 2.24) is 10.2 Å². The number of anilines is 1. The van der Waals surface area contributed by atoms with Crippen molar-refractivity contribution in [3.05, 3.63) is 33.9 Å². The number of nitro groups is 1. The molecule has 0 spiro atoms. The molecule has 2 aromatic rings. The molecule has 1 aromatic heterocycles. The van der Waals surface area contributed by atoms with Crippen LogP contribution in [0.4, 0.5) is 10.8 Å². The SMILES string of the molecule is CN(C)c1nnc(Sc2ccc(C(=O)O)cc2[N+](=O)[O-])s1. The van der Waals surface area contributed by atoms with E-state index in [1.807, 2.05) is 14.1 Å². The van der Waals surface area contributed by atoms with Gasteiger partial charge in [0.2, 0.25) is 5.13 Å². The van der Waals surface area contributed by atoms with Crippen molar-refractivity contribution in [2.75, 3.05) is 19.0 Å². The maximum absolute atomic E-state index is 11.1. The molecule has 21 heavy (non-hydrogen) atoms. The molecule has 0 radical (unpaired) electrons. The molecule has 10 heteroatoms. The van der Waals surface area contributed by atoms with Gasteiger partial charge in [0.25, 0.3) is 5.69 Å². The molecule has 0 atom stereocenters. The maximum Gasteiger partial charge on any atom is 0.335 e. The van der Waals surface area contributed by atoms with Crippen LogP contribution in [0.5, 0.6) is 0 Å². The van der Waals surface area contributed by atoms with Crippen LogP contribution in [0.3, 0.4) is 0 Å². The quantitative estimate of drug-likeness (QED) is 0.658. The van der Waals surface area contributed by atoms with E-state index < -0.39 is 10.9 Å². The third-order valence-corrected chi connectivity index (χ3v) is 4.59. The molecule has 0 aliphatic heterocycles. The van der Waals surface area contributed by atoms with Crippen LogP contribution in [0.25, 0.3) is 0 Å². The van der Waals surface area contributed by atoms with Crippen LogP contribution in [0.1, 0.15) is 10.4 Å². The standard InChI is InChI=1S/C11H10N4O4S2/c1-14(2)10-12-13-11(21-10)20-8-4-3-6(9(16)17)5-7(8)15(18)19/h3-5H,1-2H3,(H,16,17). The molecule has 0 fully saturated rings. The predicted molar refractivity (Wildman–Crippen MR) is 78.4 cm³/mol. The third kappa shape index (κ3) is 3.47. The van der Waals surface area contributed by atoms with Gasteiger partial charge in [-0.3, -0.25) is 10.1 Å². The van der Waals surface area contributed by atoms with E-state index in [1.54, 1.807) is 4.90 Å². The van der Waals surface area contributed by atoms with Gasteiger partial charge in [-0.15, -0.1) is 10.2 Å². The molecular weight excluding hydrogens is 316 g/mol. The number of nitrogens with zero attached hydrogens (tertiary/aromatic N) is 4. The van der Waals surface area contributed by atoms with Gasteiger partial charge < -0.3 is 10.0 Å². The van der Waals surface area contributed by atoms with Gasteiger partial charge in [-0.2, -0.15) is 0 Å². The summed E-state index contributed by atoms with van der Waals surface area (Å²) in [5.41, 5.74) is -0.390. The number of aromatic nitrogens is 2. The second-order valence-electron chi connectivity index (χ2n) is 4.09. The van der Waals surface area contributed by atoms with Crippen LogP contribution in [0, 0.1) is 10.1 Å². The van der Waals surface area contributed by atoms with E-state index in [1.165, 1.54) is 23.5 Å². The number of carboxylic acids is 1. The number of rotatable bonds is 5. The van der Waals surface area contributed by atoms with E-state index in [0.717, 1.165) is 17.8 Å². The molecule has 8 nitrogen and oxygen atoms in total. The topological polar surface area (TPSA) is 109 Å². The summed E-state index contributed by atoms with van der Waals surface area (Å²) in [5.74, 6) is -1.21. The first-order valence-electron chi connectivity index (χ1n) is 5.59. The van der Waals surface area contributed by atoms with Crippen molar-refractivity contribution in [2.45, 2.75) is 9.24 Å². The Morgan fingerprint density at radius 2 is 2.14 bits per heavy atom. The Bertz CT molecular complexity index is 701. The zero-order chi connectivity index (χ0) is 15.6. The monoisotopic (exact) mass is 326 g/mol. The molecule has 0 saturated heterocycles. The largest absolute Gasteiger partial charge is 0.478 e. The van der Waals surface area contributed by atoms with Crippen LogP contribution >= 0.6 is 23.1 Å². The highest BCUT2D eigenvalue weighted by molar-refractivity contribution is 8.01. The van der Waals surface area contributed by atoms with Crippen molar-refractivity contribution in [3.63, 3.8) is 0 Å². The maximum atomic E-state index is 11.1. The summed E-state index contributed by atoms with van der Waals surface area (Å²) in [4.78, 5) is 23.4. The average molecular weight is 326 g/mol. The predicted octanol–water partition coefficient (Wildman–Crippen LogP) is 2.36. The fourth-order valence-corrected chi connectivity index (χ4v) is 3.20. The highest BCUT2D eigenvalue weighted by Gasteiger charge is 2.19. The first-order chi connectivity index (χ1) is 9.88. The number of carbonyl (C=O) groups is 1. The van der Waals surface area contributed by atoms with Crippen molar-refractivity contribution in [2.24, 2.45) is 0 Å². The highest BCUT2D eigenvalue weighted by atomic mass is 32.2. The van der Waals surface area contributed by atoms with E-state index in [0.29, 0.717) is 14.4 Å². The van der Waals surface area contributed by atoms with Gasteiger partial charge in [0, 0.05) is 20.2 Å². The lowest BCUT2D eigenvalue weighted by molar-refractivity contribution is -0.387. The third-order valence-electron chi connectivity index (χ3n) is 2.38. The van der Waals surface area contributed by atoms with Gasteiger partial charge in [-0.25, -0.2) is 4.79 Å². The molecule has 0 saturated carbocycles. The van der Waals surface area contributed by atoms with Gasteiger partial charge in [-0.1, -0.05) is 11.3 Å². The Balaban J connectivity index is 2.34. The van der Waals surface area contributed by atoms with E-state index in [9.17, 15) is 14.9 Å². The fourth-order valence-electron chi connectivity index (χ4n) is 1.40. The lowest BCUT2D eigenvalue weighted by Gasteiger charge is -2.04. The summed E-state index contributed by atoms with van der Waals surface area (Å²) < 4.78 is 0.546. The minimum absolute atomic E-state index is 0.128. The van der Waals surface area contributed by atoms with Gasteiger partial charge in [0.15, 0.2) is 4.34 Å². The number of hydrogen-bond acceptors (Lipinski definition) is 8. The molecule has 0 unspecified atom stereocenters. The lowest BCUT2D eigenvalue weighted by Crippen LogP contribution is -2.07. The van der Waals surface area contributed by atoms with Crippen LogP contribution in [-0.4, -0.2) is 40.3 Å². The zero-order valence-electron chi connectivity index (χ0n) is 11.0. The van der Waals surface area contributed by atoms with Gasteiger partial charge in [0.05, 0.1) is 15.4 Å². The fraction of sp³-hybridized carbons (Fsp3) is 0.182. The Morgan fingerprint density at radius 1 is 1.43 bits per heavy atom. The second-order valence-corrected chi connectivity index (χ2v) is 6.34. The van der Waals surface area contributed by atoms with Crippen molar-refractivity contribution < 1.29 is 14.8 Å². The van der Waals surface area contributed by atoms with Gasteiger partial charge in [0.1, 0.15) is 0 Å². The highest BCUT2D eigenvalue weighted by Crippen LogP contribution is 2.38. The van der Waals surface area contributed by atoms with Crippen LogP contribution in [0.15, 0.2) is 27.4 Å². The smallest absolute Gasteiger partial charge is 0.335 e. The normalized spacial score (nSPS) is 10.4. The zero-order valence-corrected chi connectivity index (χ0v) is 12.6. The second kappa shape index (κ2) is 6.06. The molecule has 0 amide bonds. The molecule has 110 valence electrons. The van der Waals surface area contributed by atoms with E-state index in [-0.39, 0.29) is 11.3 Å². The summed E-state index contributed by atoms with van der Waals surface area (Å²) in [6, 6.07) is 3.77. The van der Waals surface area contributed by atoms with Gasteiger partial charge in [-0.05, 0) is 23.9 Å². The number of hydrogen-bond donors (Lipinski definition) is 1. The van der Waals surface area contributed by atoms with E-state index in [4.69, 9.17) is 5.11 Å². The van der Waals surface area contributed by atoms with Crippen LogP contribution in [0.2, 0.25) is 0 Å². The van der Waals surface area contributed by atoms with Crippen LogP contribution < -0.4 is 4.90 Å². The summed E-state index contributed by atoms with van der Waals surface area (Å²) in [6.07, 6.45) is 0. The summed E-state index contributed by atoms with van der Waals surface area (Å²) in [6.45, 7) is 0. The van der Waals surface area contributed by atoms with Crippen molar-refractivity contribution in [1.29, 1.82) is 0 Å².